The maximum absolute atomic E-state index is 12.2. The van der Waals surface area contributed by atoms with Crippen LogP contribution in [-0.4, -0.2) is 28.9 Å². The van der Waals surface area contributed by atoms with Crippen molar-refractivity contribution in [3.8, 4) is 11.3 Å². The van der Waals surface area contributed by atoms with E-state index in [1.54, 1.807) is 23.9 Å². The number of aromatic nitrogens is 1. The van der Waals surface area contributed by atoms with Gasteiger partial charge in [0.05, 0.1) is 5.02 Å². The molecule has 4 nitrogen and oxygen atoms in total. The van der Waals surface area contributed by atoms with Crippen LogP contribution < -0.4 is 5.32 Å². The Morgan fingerprint density at radius 2 is 2.25 bits per heavy atom. The Hall–Kier alpha value is -1.46. The van der Waals surface area contributed by atoms with Gasteiger partial charge in [0.2, 0.25) is 0 Å². The van der Waals surface area contributed by atoms with Crippen LogP contribution in [0.4, 0.5) is 0 Å². The van der Waals surface area contributed by atoms with Gasteiger partial charge in [-0.25, -0.2) is 4.98 Å². The minimum atomic E-state index is -0.254. The molecule has 1 N–H and O–H groups in total. The van der Waals surface area contributed by atoms with Gasteiger partial charge in [-0.2, -0.15) is 11.8 Å². The lowest BCUT2D eigenvalue weighted by molar-refractivity contribution is 0.0939. The van der Waals surface area contributed by atoms with E-state index in [9.17, 15) is 4.79 Å². The Bertz CT molecular complexity index is 600. The summed E-state index contributed by atoms with van der Waals surface area (Å²) in [4.78, 5) is 16.2. The van der Waals surface area contributed by atoms with Gasteiger partial charge in [0.15, 0.2) is 17.8 Å². The molecular formula is C14H15ClN2O2S. The number of rotatable bonds is 5. The number of nitrogens with zero attached hydrogens (tertiary/aromatic N) is 1. The third kappa shape index (κ3) is 3.35. The fourth-order valence-electron chi connectivity index (χ4n) is 1.83. The number of carbonyl (C=O) groups excluding carboxylic acids is 1. The van der Waals surface area contributed by atoms with Crippen LogP contribution in [0, 0.1) is 0 Å². The highest BCUT2D eigenvalue weighted by molar-refractivity contribution is 7.98. The summed E-state index contributed by atoms with van der Waals surface area (Å²) in [7, 11) is 0. The number of hydrogen-bond acceptors (Lipinski definition) is 4. The summed E-state index contributed by atoms with van der Waals surface area (Å²) in [5.74, 6) is 0.977. The van der Waals surface area contributed by atoms with Gasteiger partial charge in [-0.3, -0.25) is 4.79 Å². The first kappa shape index (κ1) is 14.9. The zero-order valence-corrected chi connectivity index (χ0v) is 12.8. The molecule has 1 heterocycles. The van der Waals surface area contributed by atoms with Crippen LogP contribution >= 0.6 is 23.4 Å². The number of thioether (sulfide) groups is 1. The van der Waals surface area contributed by atoms with Crippen molar-refractivity contribution in [3.63, 3.8) is 0 Å². The third-order valence-electron chi connectivity index (χ3n) is 2.70. The molecule has 2 aromatic rings. The summed E-state index contributed by atoms with van der Waals surface area (Å²) >= 11 is 7.80. The molecule has 0 fully saturated rings. The number of carbonyl (C=O) groups is 1. The molecule has 0 radical (unpaired) electrons. The summed E-state index contributed by atoms with van der Waals surface area (Å²) in [6, 6.07) is 7.26. The highest BCUT2D eigenvalue weighted by atomic mass is 35.5. The Kier molecular flexibility index (Phi) is 5.09. The lowest BCUT2D eigenvalue weighted by atomic mass is 10.1. The molecule has 0 bridgehead atoms. The van der Waals surface area contributed by atoms with E-state index in [4.69, 9.17) is 16.0 Å². The molecule has 0 aliphatic carbocycles. The van der Waals surface area contributed by atoms with Gasteiger partial charge in [-0.15, -0.1) is 0 Å². The molecular weight excluding hydrogens is 296 g/mol. The number of oxazole rings is 1. The first-order chi connectivity index (χ1) is 9.63. The molecule has 0 aliphatic heterocycles. The normalized spacial score (nSPS) is 12.2. The van der Waals surface area contributed by atoms with E-state index in [0.717, 1.165) is 5.75 Å². The van der Waals surface area contributed by atoms with Crippen LogP contribution in [0.5, 0.6) is 0 Å². The van der Waals surface area contributed by atoms with Gasteiger partial charge < -0.3 is 9.73 Å². The molecule has 0 saturated carbocycles. The maximum Gasteiger partial charge on any atom is 0.274 e. The number of nitrogens with one attached hydrogen (secondary N) is 1. The first-order valence-corrected chi connectivity index (χ1v) is 7.89. The van der Waals surface area contributed by atoms with E-state index in [2.05, 4.69) is 10.3 Å². The zero-order chi connectivity index (χ0) is 14.5. The van der Waals surface area contributed by atoms with Crippen molar-refractivity contribution < 1.29 is 9.21 Å². The Balaban J connectivity index is 2.25. The smallest absolute Gasteiger partial charge is 0.274 e. The second-order valence-corrected chi connectivity index (χ2v) is 5.66. The van der Waals surface area contributed by atoms with Gasteiger partial charge in [0.25, 0.3) is 5.91 Å². The highest BCUT2D eigenvalue weighted by Gasteiger charge is 2.20. The van der Waals surface area contributed by atoms with E-state index in [1.807, 2.05) is 25.3 Å². The van der Waals surface area contributed by atoms with E-state index >= 15 is 0 Å². The fourth-order valence-corrected chi connectivity index (χ4v) is 2.63. The van der Waals surface area contributed by atoms with Crippen molar-refractivity contribution in [2.75, 3.05) is 12.0 Å². The minimum Gasteiger partial charge on any atom is -0.443 e. The second-order valence-electron chi connectivity index (χ2n) is 4.34. The summed E-state index contributed by atoms with van der Waals surface area (Å²) in [5.41, 5.74) is 0.917. The van der Waals surface area contributed by atoms with Gasteiger partial charge in [-0.05, 0) is 25.3 Å². The lowest BCUT2D eigenvalue weighted by Crippen LogP contribution is -2.34. The highest BCUT2D eigenvalue weighted by Crippen LogP contribution is 2.29. The van der Waals surface area contributed by atoms with Gasteiger partial charge >= 0.3 is 0 Å². The van der Waals surface area contributed by atoms with Crippen LogP contribution in [0.25, 0.3) is 11.3 Å². The van der Waals surface area contributed by atoms with Crippen molar-refractivity contribution in [3.05, 3.63) is 41.4 Å². The first-order valence-electron chi connectivity index (χ1n) is 6.11. The molecule has 2 rings (SSSR count). The fraction of sp³-hybridized carbons (Fsp3) is 0.286. The van der Waals surface area contributed by atoms with Crippen LogP contribution in [-0.2, 0) is 0 Å². The van der Waals surface area contributed by atoms with E-state index in [-0.39, 0.29) is 17.6 Å². The third-order valence-corrected chi connectivity index (χ3v) is 3.86. The molecule has 0 saturated heterocycles. The molecule has 1 unspecified atom stereocenters. The Labute approximate surface area is 126 Å². The van der Waals surface area contributed by atoms with Crippen molar-refractivity contribution in [2.45, 2.75) is 13.0 Å². The van der Waals surface area contributed by atoms with E-state index in [1.165, 1.54) is 6.39 Å². The monoisotopic (exact) mass is 310 g/mol. The van der Waals surface area contributed by atoms with E-state index < -0.39 is 0 Å². The molecule has 1 amide bonds. The SMILES string of the molecule is CSCC(C)NC(=O)c1ncoc1-c1ccccc1Cl. The van der Waals surface area contributed by atoms with Gasteiger partial charge in [0, 0.05) is 17.4 Å². The summed E-state index contributed by atoms with van der Waals surface area (Å²) in [5, 5.41) is 3.41. The molecule has 0 spiro atoms. The molecule has 1 aromatic carbocycles. The molecule has 106 valence electrons. The molecule has 6 heteroatoms. The standard InChI is InChI=1S/C14H15ClN2O2S/c1-9(7-20-2)17-14(18)12-13(19-8-16-12)10-5-3-4-6-11(10)15/h3-6,8-9H,7H2,1-2H3,(H,17,18). The summed E-state index contributed by atoms with van der Waals surface area (Å²) in [6.45, 7) is 1.95. The van der Waals surface area contributed by atoms with Crippen molar-refractivity contribution in [1.29, 1.82) is 0 Å². The average Bonchev–Trinajstić information content (AvgIpc) is 2.88. The largest absolute Gasteiger partial charge is 0.443 e. The van der Waals surface area contributed by atoms with Crippen molar-refractivity contribution in [2.24, 2.45) is 0 Å². The maximum atomic E-state index is 12.2. The predicted octanol–water partition coefficient (Wildman–Crippen LogP) is 3.48. The van der Waals surface area contributed by atoms with Gasteiger partial charge in [-0.1, -0.05) is 23.7 Å². The molecule has 20 heavy (non-hydrogen) atoms. The summed E-state index contributed by atoms with van der Waals surface area (Å²) < 4.78 is 5.33. The van der Waals surface area contributed by atoms with Crippen LogP contribution in [0.3, 0.4) is 0 Å². The van der Waals surface area contributed by atoms with Crippen molar-refractivity contribution >= 4 is 29.3 Å². The molecule has 0 aliphatic rings. The number of benzene rings is 1. The predicted molar refractivity (Wildman–Crippen MR) is 82.3 cm³/mol. The molecule has 1 aromatic heterocycles. The molecule has 1 atom stereocenters. The number of halogens is 1. The Morgan fingerprint density at radius 1 is 1.50 bits per heavy atom. The van der Waals surface area contributed by atoms with E-state index in [0.29, 0.717) is 16.3 Å². The van der Waals surface area contributed by atoms with Gasteiger partial charge in [0.1, 0.15) is 0 Å². The zero-order valence-electron chi connectivity index (χ0n) is 11.2. The van der Waals surface area contributed by atoms with Crippen LogP contribution in [0.1, 0.15) is 17.4 Å². The number of hydrogen-bond donors (Lipinski definition) is 1. The summed E-state index contributed by atoms with van der Waals surface area (Å²) in [6.07, 6.45) is 3.25. The topological polar surface area (TPSA) is 55.1 Å². The second kappa shape index (κ2) is 6.81. The average molecular weight is 311 g/mol. The van der Waals surface area contributed by atoms with Crippen LogP contribution in [0.2, 0.25) is 5.02 Å². The van der Waals surface area contributed by atoms with Crippen LogP contribution in [0.15, 0.2) is 35.1 Å². The number of amides is 1. The van der Waals surface area contributed by atoms with Crippen molar-refractivity contribution in [1.82, 2.24) is 10.3 Å². The minimum absolute atomic E-state index is 0.0632. The Morgan fingerprint density at radius 3 is 2.95 bits per heavy atom. The quantitative estimate of drug-likeness (QED) is 0.918. The lowest BCUT2D eigenvalue weighted by Gasteiger charge is -2.11.